The van der Waals surface area contributed by atoms with Gasteiger partial charge in [0.25, 0.3) is 0 Å². The van der Waals surface area contributed by atoms with Crippen molar-refractivity contribution >= 4 is 11.3 Å². The first-order chi connectivity index (χ1) is 6.90. The third kappa shape index (κ3) is 2.35. The number of rotatable bonds is 4. The van der Waals surface area contributed by atoms with Gasteiger partial charge in [0, 0.05) is 19.1 Å². The van der Waals surface area contributed by atoms with E-state index in [1.165, 1.54) is 24.9 Å². The van der Waals surface area contributed by atoms with Gasteiger partial charge in [-0.05, 0) is 48.8 Å². The van der Waals surface area contributed by atoms with Gasteiger partial charge in [-0.3, -0.25) is 4.90 Å². The minimum atomic E-state index is 0.750. The van der Waals surface area contributed by atoms with Gasteiger partial charge in [0.15, 0.2) is 0 Å². The van der Waals surface area contributed by atoms with E-state index in [9.17, 15) is 0 Å². The molecule has 2 rings (SSSR count). The Labute approximate surface area is 89.9 Å². The van der Waals surface area contributed by atoms with Gasteiger partial charge < -0.3 is 5.32 Å². The van der Waals surface area contributed by atoms with Crippen LogP contribution in [0, 0.1) is 0 Å². The first-order valence-electron chi connectivity index (χ1n) is 5.30. The largest absolute Gasteiger partial charge is 0.318 e. The molecule has 1 fully saturated rings. The van der Waals surface area contributed by atoms with E-state index in [-0.39, 0.29) is 0 Å². The summed E-state index contributed by atoms with van der Waals surface area (Å²) < 4.78 is 0. The molecule has 0 bridgehead atoms. The second kappa shape index (κ2) is 4.91. The Kier molecular flexibility index (Phi) is 3.56. The predicted octanol–water partition coefficient (Wildman–Crippen LogP) is 1.93. The molecule has 3 heteroatoms. The fourth-order valence-corrected chi connectivity index (χ4v) is 2.85. The van der Waals surface area contributed by atoms with Gasteiger partial charge in [-0.2, -0.15) is 11.3 Å². The van der Waals surface area contributed by atoms with Crippen molar-refractivity contribution < 1.29 is 0 Å². The maximum Gasteiger partial charge on any atom is 0.0245 e. The first-order valence-corrected chi connectivity index (χ1v) is 6.24. The number of nitrogens with one attached hydrogen (secondary N) is 1. The SMILES string of the molecule is CNCC1CCCN1Cc1ccsc1. The molecule has 1 saturated heterocycles. The molecule has 1 atom stereocenters. The number of likely N-dealkylation sites (tertiary alicyclic amines) is 1. The topological polar surface area (TPSA) is 15.3 Å². The molecule has 0 radical (unpaired) electrons. The fourth-order valence-electron chi connectivity index (χ4n) is 2.19. The monoisotopic (exact) mass is 210 g/mol. The van der Waals surface area contributed by atoms with E-state index in [4.69, 9.17) is 0 Å². The highest BCUT2D eigenvalue weighted by Crippen LogP contribution is 2.20. The lowest BCUT2D eigenvalue weighted by molar-refractivity contribution is 0.242. The molecule has 1 aliphatic heterocycles. The quantitative estimate of drug-likeness (QED) is 0.817. The zero-order valence-corrected chi connectivity index (χ0v) is 9.52. The van der Waals surface area contributed by atoms with E-state index in [0.717, 1.165) is 19.1 Å². The van der Waals surface area contributed by atoms with Crippen molar-refractivity contribution in [2.24, 2.45) is 0 Å². The molecule has 1 aliphatic rings. The summed E-state index contributed by atoms with van der Waals surface area (Å²) in [5.74, 6) is 0. The van der Waals surface area contributed by atoms with Crippen LogP contribution >= 0.6 is 11.3 Å². The average molecular weight is 210 g/mol. The van der Waals surface area contributed by atoms with E-state index in [2.05, 4.69) is 27.0 Å². The molecule has 1 aromatic heterocycles. The number of hydrogen-bond donors (Lipinski definition) is 1. The summed E-state index contributed by atoms with van der Waals surface area (Å²) in [5, 5.41) is 7.70. The van der Waals surface area contributed by atoms with Gasteiger partial charge in [-0.15, -0.1) is 0 Å². The zero-order chi connectivity index (χ0) is 9.80. The number of hydrogen-bond acceptors (Lipinski definition) is 3. The zero-order valence-electron chi connectivity index (χ0n) is 8.70. The highest BCUT2D eigenvalue weighted by molar-refractivity contribution is 7.07. The molecule has 2 heterocycles. The van der Waals surface area contributed by atoms with Gasteiger partial charge in [0.1, 0.15) is 0 Å². The van der Waals surface area contributed by atoms with Crippen LogP contribution in [0.5, 0.6) is 0 Å². The van der Waals surface area contributed by atoms with Crippen LogP contribution in [0.25, 0.3) is 0 Å². The van der Waals surface area contributed by atoms with E-state index < -0.39 is 0 Å². The van der Waals surface area contributed by atoms with Crippen molar-refractivity contribution in [3.05, 3.63) is 22.4 Å². The van der Waals surface area contributed by atoms with Crippen LogP contribution < -0.4 is 5.32 Å². The van der Waals surface area contributed by atoms with Crippen molar-refractivity contribution in [3.8, 4) is 0 Å². The summed E-state index contributed by atoms with van der Waals surface area (Å²) in [7, 11) is 2.04. The Morgan fingerprint density at radius 2 is 2.57 bits per heavy atom. The number of thiophene rings is 1. The molecular formula is C11H18N2S. The second-order valence-corrected chi connectivity index (χ2v) is 4.74. The molecule has 0 spiro atoms. The first kappa shape index (κ1) is 10.1. The van der Waals surface area contributed by atoms with Crippen molar-refractivity contribution in [3.63, 3.8) is 0 Å². The lowest BCUT2D eigenvalue weighted by Crippen LogP contribution is -2.36. The maximum absolute atomic E-state index is 3.28. The minimum Gasteiger partial charge on any atom is -0.318 e. The molecule has 1 unspecified atom stereocenters. The van der Waals surface area contributed by atoms with Gasteiger partial charge in [-0.1, -0.05) is 0 Å². The van der Waals surface area contributed by atoms with Crippen molar-refractivity contribution in [1.82, 2.24) is 10.2 Å². The number of nitrogens with zero attached hydrogens (tertiary/aromatic N) is 1. The van der Waals surface area contributed by atoms with Crippen LogP contribution in [0.1, 0.15) is 18.4 Å². The maximum atomic E-state index is 3.28. The summed E-state index contributed by atoms with van der Waals surface area (Å²) in [4.78, 5) is 2.60. The third-order valence-corrected chi connectivity index (χ3v) is 3.64. The van der Waals surface area contributed by atoms with Crippen LogP contribution in [-0.4, -0.2) is 31.1 Å². The lowest BCUT2D eigenvalue weighted by Gasteiger charge is -2.23. The normalized spacial score (nSPS) is 23.1. The number of likely N-dealkylation sites (N-methyl/N-ethyl adjacent to an activating group) is 1. The summed E-state index contributed by atoms with van der Waals surface area (Å²) in [6.07, 6.45) is 2.71. The standard InChI is InChI=1S/C11H18N2S/c1-12-7-11-3-2-5-13(11)8-10-4-6-14-9-10/h4,6,9,11-12H,2-3,5,7-8H2,1H3. The van der Waals surface area contributed by atoms with E-state index in [1.54, 1.807) is 11.3 Å². The third-order valence-electron chi connectivity index (χ3n) is 2.90. The molecule has 1 aromatic rings. The summed E-state index contributed by atoms with van der Waals surface area (Å²) in [6.45, 7) is 3.53. The van der Waals surface area contributed by atoms with Gasteiger partial charge in [0.05, 0.1) is 0 Å². The van der Waals surface area contributed by atoms with Gasteiger partial charge >= 0.3 is 0 Å². The molecule has 14 heavy (non-hydrogen) atoms. The van der Waals surface area contributed by atoms with Crippen LogP contribution in [-0.2, 0) is 6.54 Å². The van der Waals surface area contributed by atoms with Crippen molar-refractivity contribution in [2.75, 3.05) is 20.1 Å². The average Bonchev–Trinajstić information content (AvgIpc) is 2.80. The van der Waals surface area contributed by atoms with E-state index in [0.29, 0.717) is 0 Å². The molecule has 0 amide bonds. The smallest absolute Gasteiger partial charge is 0.0245 e. The van der Waals surface area contributed by atoms with Crippen LogP contribution in [0.4, 0.5) is 0 Å². The van der Waals surface area contributed by atoms with Crippen LogP contribution in [0.3, 0.4) is 0 Å². The van der Waals surface area contributed by atoms with E-state index >= 15 is 0 Å². The highest BCUT2D eigenvalue weighted by atomic mass is 32.1. The Bertz CT molecular complexity index is 258. The summed E-state index contributed by atoms with van der Waals surface area (Å²) in [6, 6.07) is 2.99. The lowest BCUT2D eigenvalue weighted by atomic mass is 10.2. The molecule has 0 aliphatic carbocycles. The van der Waals surface area contributed by atoms with Gasteiger partial charge in [0.2, 0.25) is 0 Å². The second-order valence-electron chi connectivity index (χ2n) is 3.96. The Morgan fingerprint density at radius 1 is 1.64 bits per heavy atom. The molecule has 2 nitrogen and oxygen atoms in total. The molecule has 0 saturated carbocycles. The van der Waals surface area contributed by atoms with Crippen LogP contribution in [0.2, 0.25) is 0 Å². The minimum absolute atomic E-state index is 0.750. The van der Waals surface area contributed by atoms with Crippen molar-refractivity contribution in [2.45, 2.75) is 25.4 Å². The molecule has 0 aromatic carbocycles. The Morgan fingerprint density at radius 3 is 3.29 bits per heavy atom. The summed E-state index contributed by atoms with van der Waals surface area (Å²) in [5.41, 5.74) is 1.47. The Balaban J connectivity index is 1.90. The predicted molar refractivity (Wildman–Crippen MR) is 61.7 cm³/mol. The fraction of sp³-hybridized carbons (Fsp3) is 0.636. The molecule has 78 valence electrons. The van der Waals surface area contributed by atoms with E-state index in [1.807, 2.05) is 7.05 Å². The summed E-state index contributed by atoms with van der Waals surface area (Å²) >= 11 is 1.80. The molecular weight excluding hydrogens is 192 g/mol. The van der Waals surface area contributed by atoms with Crippen LogP contribution in [0.15, 0.2) is 16.8 Å². The highest BCUT2D eigenvalue weighted by Gasteiger charge is 2.23. The molecule has 1 N–H and O–H groups in total. The van der Waals surface area contributed by atoms with Gasteiger partial charge in [-0.25, -0.2) is 0 Å². The van der Waals surface area contributed by atoms with Crippen molar-refractivity contribution in [1.29, 1.82) is 0 Å². The Hall–Kier alpha value is -0.380.